The zero-order valence-electron chi connectivity index (χ0n) is 11.2. The molecule has 0 aliphatic heterocycles. The molecule has 0 aliphatic carbocycles. The molecule has 0 fully saturated rings. The molecule has 1 aromatic rings. The second kappa shape index (κ2) is 8.58. The van der Waals surface area contributed by atoms with E-state index < -0.39 is 6.04 Å². The van der Waals surface area contributed by atoms with E-state index in [1.165, 1.54) is 0 Å². The van der Waals surface area contributed by atoms with Crippen LogP contribution in [-0.2, 0) is 9.53 Å². The van der Waals surface area contributed by atoms with Gasteiger partial charge in [0.2, 0.25) is 5.91 Å². The second-order valence-corrected chi connectivity index (χ2v) is 6.18. The van der Waals surface area contributed by atoms with Gasteiger partial charge in [-0.25, -0.2) is 0 Å². The van der Waals surface area contributed by atoms with E-state index in [0.29, 0.717) is 18.7 Å². The number of benzene rings is 1. The van der Waals surface area contributed by atoms with Gasteiger partial charge in [-0.15, -0.1) is 0 Å². The maximum absolute atomic E-state index is 12.1. The first-order valence-corrected chi connectivity index (χ1v) is 7.85. The van der Waals surface area contributed by atoms with Gasteiger partial charge in [-0.2, -0.15) is 0 Å². The summed E-state index contributed by atoms with van der Waals surface area (Å²) < 4.78 is 6.49. The Kier molecular flexibility index (Phi) is 7.46. The topological polar surface area (TPSA) is 67.4 Å². The number of hydrogen-bond acceptors (Lipinski definition) is 3. The Balaban J connectivity index is 2.61. The number of carbonyl (C=O) groups is 2. The minimum absolute atomic E-state index is 0.236. The Labute approximate surface area is 140 Å². The number of ether oxygens (including phenoxy) is 1. The van der Waals surface area contributed by atoms with E-state index in [9.17, 15) is 9.59 Å². The zero-order valence-corrected chi connectivity index (χ0v) is 14.9. The lowest BCUT2D eigenvalue weighted by atomic mass is 10.2. The monoisotopic (exact) mass is 454 g/mol. The summed E-state index contributed by atoms with van der Waals surface area (Å²) in [6, 6.07) is 4.82. The van der Waals surface area contributed by atoms with Gasteiger partial charge in [0.25, 0.3) is 5.91 Å². The van der Waals surface area contributed by atoms with Crippen molar-refractivity contribution in [3.8, 4) is 0 Å². The molecule has 1 atom stereocenters. The van der Waals surface area contributed by atoms with Crippen molar-refractivity contribution in [1.29, 1.82) is 0 Å². The summed E-state index contributed by atoms with van der Waals surface area (Å²) >= 11 is 5.41. The number of amides is 2. The van der Waals surface area contributed by atoms with Crippen LogP contribution in [-0.4, -0.2) is 38.1 Å². The summed E-state index contributed by atoms with van der Waals surface area (Å²) in [5.74, 6) is -0.509. The van der Waals surface area contributed by atoms with Crippen LogP contribution in [0, 0.1) is 3.57 Å². The highest BCUT2D eigenvalue weighted by Gasteiger charge is 2.17. The van der Waals surface area contributed by atoms with Gasteiger partial charge in [0.15, 0.2) is 0 Å². The van der Waals surface area contributed by atoms with E-state index in [2.05, 4.69) is 49.2 Å². The van der Waals surface area contributed by atoms with Crippen molar-refractivity contribution >= 4 is 50.3 Å². The summed E-state index contributed by atoms with van der Waals surface area (Å²) in [4.78, 5) is 23.9. The Bertz CT molecular complexity index is 497. The van der Waals surface area contributed by atoms with Crippen molar-refractivity contribution in [2.45, 2.75) is 13.0 Å². The van der Waals surface area contributed by atoms with E-state index in [0.717, 1.165) is 8.04 Å². The molecule has 2 amide bonds. The normalized spacial score (nSPS) is 11.8. The SMILES string of the molecule is COCCNC(=O)C(C)NC(=O)c1cc(Br)ccc1I. The van der Waals surface area contributed by atoms with E-state index in [1.807, 2.05) is 12.1 Å². The largest absolute Gasteiger partial charge is 0.383 e. The van der Waals surface area contributed by atoms with Crippen LogP contribution in [0.2, 0.25) is 0 Å². The molecule has 7 heteroatoms. The minimum atomic E-state index is -0.603. The van der Waals surface area contributed by atoms with E-state index in [4.69, 9.17) is 4.74 Å². The van der Waals surface area contributed by atoms with Crippen LogP contribution in [0.1, 0.15) is 17.3 Å². The molecule has 0 radical (unpaired) electrons. The molecule has 0 heterocycles. The Morgan fingerprint density at radius 3 is 2.80 bits per heavy atom. The van der Waals surface area contributed by atoms with Gasteiger partial charge in [-0.05, 0) is 47.7 Å². The molecule has 0 saturated heterocycles. The fraction of sp³-hybridized carbons (Fsp3) is 0.385. The average Bonchev–Trinajstić information content (AvgIpc) is 2.41. The highest BCUT2D eigenvalue weighted by atomic mass is 127. The lowest BCUT2D eigenvalue weighted by molar-refractivity contribution is -0.122. The van der Waals surface area contributed by atoms with Gasteiger partial charge in [0.05, 0.1) is 12.2 Å². The summed E-state index contributed by atoms with van der Waals surface area (Å²) in [6.45, 7) is 2.50. The van der Waals surface area contributed by atoms with E-state index >= 15 is 0 Å². The maximum atomic E-state index is 12.1. The molecule has 0 saturated carbocycles. The van der Waals surface area contributed by atoms with Crippen LogP contribution in [0.25, 0.3) is 0 Å². The molecule has 0 spiro atoms. The third-order valence-electron chi connectivity index (χ3n) is 2.52. The molecule has 1 aromatic carbocycles. The van der Waals surface area contributed by atoms with Gasteiger partial charge < -0.3 is 15.4 Å². The number of nitrogens with one attached hydrogen (secondary N) is 2. The zero-order chi connectivity index (χ0) is 15.1. The number of hydrogen-bond donors (Lipinski definition) is 2. The van der Waals surface area contributed by atoms with Crippen LogP contribution >= 0.6 is 38.5 Å². The predicted molar refractivity (Wildman–Crippen MR) is 88.7 cm³/mol. The molecular formula is C13H16BrIN2O3. The molecule has 1 unspecified atom stereocenters. The molecular weight excluding hydrogens is 439 g/mol. The minimum Gasteiger partial charge on any atom is -0.383 e. The van der Waals surface area contributed by atoms with Gasteiger partial charge in [-0.3, -0.25) is 9.59 Å². The fourth-order valence-corrected chi connectivity index (χ4v) is 2.38. The molecule has 1 rings (SSSR count). The lowest BCUT2D eigenvalue weighted by Crippen LogP contribution is -2.45. The van der Waals surface area contributed by atoms with Gasteiger partial charge in [0, 0.05) is 21.7 Å². The van der Waals surface area contributed by atoms with Crippen molar-refractivity contribution < 1.29 is 14.3 Å². The van der Waals surface area contributed by atoms with Gasteiger partial charge in [0.1, 0.15) is 6.04 Å². The molecule has 5 nitrogen and oxygen atoms in total. The molecule has 0 bridgehead atoms. The van der Waals surface area contributed by atoms with Crippen LogP contribution in [0.15, 0.2) is 22.7 Å². The fourth-order valence-electron chi connectivity index (χ4n) is 1.44. The first-order valence-electron chi connectivity index (χ1n) is 5.98. The third-order valence-corrected chi connectivity index (χ3v) is 3.95. The van der Waals surface area contributed by atoms with Crippen LogP contribution in [0.4, 0.5) is 0 Å². The smallest absolute Gasteiger partial charge is 0.253 e. The number of carbonyl (C=O) groups excluding carboxylic acids is 2. The quantitative estimate of drug-likeness (QED) is 0.509. The van der Waals surface area contributed by atoms with E-state index in [1.54, 1.807) is 20.1 Å². The highest BCUT2D eigenvalue weighted by Crippen LogP contribution is 2.18. The number of halogens is 2. The van der Waals surface area contributed by atoms with Crippen LogP contribution < -0.4 is 10.6 Å². The van der Waals surface area contributed by atoms with E-state index in [-0.39, 0.29) is 11.8 Å². The van der Waals surface area contributed by atoms with Crippen LogP contribution in [0.5, 0.6) is 0 Å². The van der Waals surface area contributed by atoms with Crippen molar-refractivity contribution in [3.05, 3.63) is 31.8 Å². The highest BCUT2D eigenvalue weighted by molar-refractivity contribution is 14.1. The Morgan fingerprint density at radius 1 is 1.45 bits per heavy atom. The number of methoxy groups -OCH3 is 1. The first-order chi connectivity index (χ1) is 9.45. The summed E-state index contributed by atoms with van der Waals surface area (Å²) in [5.41, 5.74) is 0.538. The molecule has 20 heavy (non-hydrogen) atoms. The summed E-state index contributed by atoms with van der Waals surface area (Å²) in [7, 11) is 1.56. The van der Waals surface area contributed by atoms with Gasteiger partial charge >= 0.3 is 0 Å². The third kappa shape index (κ3) is 5.37. The van der Waals surface area contributed by atoms with Crippen molar-refractivity contribution in [1.82, 2.24) is 10.6 Å². The van der Waals surface area contributed by atoms with Crippen molar-refractivity contribution in [3.63, 3.8) is 0 Å². The molecule has 0 aliphatic rings. The molecule has 110 valence electrons. The molecule has 0 aromatic heterocycles. The summed E-state index contributed by atoms with van der Waals surface area (Å²) in [6.07, 6.45) is 0. The lowest BCUT2D eigenvalue weighted by Gasteiger charge is -2.14. The first kappa shape index (κ1) is 17.4. The number of rotatable bonds is 6. The Morgan fingerprint density at radius 2 is 2.15 bits per heavy atom. The maximum Gasteiger partial charge on any atom is 0.253 e. The van der Waals surface area contributed by atoms with Crippen LogP contribution in [0.3, 0.4) is 0 Å². The van der Waals surface area contributed by atoms with Crippen molar-refractivity contribution in [2.75, 3.05) is 20.3 Å². The molecule has 2 N–H and O–H groups in total. The second-order valence-electron chi connectivity index (χ2n) is 4.10. The summed E-state index contributed by atoms with van der Waals surface area (Å²) in [5, 5.41) is 5.35. The Hall–Kier alpha value is -0.670. The predicted octanol–water partition coefficient (Wildman–Crippen LogP) is 1.93. The average molecular weight is 455 g/mol. The van der Waals surface area contributed by atoms with Crippen molar-refractivity contribution in [2.24, 2.45) is 0 Å². The van der Waals surface area contributed by atoms with Gasteiger partial charge in [-0.1, -0.05) is 15.9 Å². The standard InChI is InChI=1S/C13H16BrIN2O3/c1-8(12(18)16-5-6-20-2)17-13(19)10-7-9(14)3-4-11(10)15/h3-4,7-8H,5-6H2,1-2H3,(H,16,18)(H,17,19).